The van der Waals surface area contributed by atoms with Crippen LogP contribution in [0.25, 0.3) is 0 Å². The lowest BCUT2D eigenvalue weighted by Crippen LogP contribution is -2.33. The van der Waals surface area contributed by atoms with Crippen LogP contribution in [0.4, 0.5) is 10.1 Å². The summed E-state index contributed by atoms with van der Waals surface area (Å²) in [5.41, 5.74) is 8.48. The van der Waals surface area contributed by atoms with E-state index in [-0.39, 0.29) is 30.2 Å². The molecule has 126 valence electrons. The first-order chi connectivity index (χ1) is 11.5. The van der Waals surface area contributed by atoms with Crippen LogP contribution in [0.15, 0.2) is 48.5 Å². The van der Waals surface area contributed by atoms with Crippen molar-refractivity contribution in [1.29, 1.82) is 0 Å². The summed E-state index contributed by atoms with van der Waals surface area (Å²) in [5, 5.41) is 2.74. The summed E-state index contributed by atoms with van der Waals surface area (Å²) in [6.07, 6.45) is 0. The second-order valence-electron chi connectivity index (χ2n) is 6.39. The lowest BCUT2D eigenvalue weighted by atomic mass is 9.95. The Morgan fingerprint density at radius 1 is 1.25 bits per heavy atom. The molecule has 4 nitrogen and oxygen atoms in total. The fraction of sp³-hybridized carbons (Fsp3) is 0.316. The van der Waals surface area contributed by atoms with E-state index < -0.39 is 0 Å². The third kappa shape index (κ3) is 3.80. The number of nitrogens with two attached hydrogens (primary N) is 1. The zero-order chi connectivity index (χ0) is 17.1. The maximum Gasteiger partial charge on any atom is 0.238 e. The highest BCUT2D eigenvalue weighted by molar-refractivity contribution is 5.92. The largest absolute Gasteiger partial charge is 0.326 e. The number of benzene rings is 2. The van der Waals surface area contributed by atoms with Crippen molar-refractivity contribution in [2.75, 3.05) is 25.0 Å². The smallest absolute Gasteiger partial charge is 0.238 e. The molecular weight excluding hydrogens is 305 g/mol. The minimum atomic E-state index is -0.319. The van der Waals surface area contributed by atoms with E-state index in [4.69, 9.17) is 5.73 Å². The molecule has 0 bridgehead atoms. The van der Waals surface area contributed by atoms with Crippen LogP contribution in [-0.2, 0) is 4.79 Å². The summed E-state index contributed by atoms with van der Waals surface area (Å²) in [4.78, 5) is 14.2. The molecule has 24 heavy (non-hydrogen) atoms. The number of amides is 1. The number of hydrogen-bond donors (Lipinski definition) is 2. The fourth-order valence-corrected chi connectivity index (χ4v) is 3.17. The second-order valence-corrected chi connectivity index (χ2v) is 6.39. The number of nitrogens with zero attached hydrogens (tertiary/aromatic N) is 1. The van der Waals surface area contributed by atoms with Gasteiger partial charge in [0.05, 0.1) is 6.54 Å². The average molecular weight is 327 g/mol. The molecule has 5 heteroatoms. The van der Waals surface area contributed by atoms with Gasteiger partial charge in [-0.1, -0.05) is 36.4 Å². The van der Waals surface area contributed by atoms with Crippen LogP contribution in [0.3, 0.4) is 0 Å². The summed E-state index contributed by atoms with van der Waals surface area (Å²) in [5.74, 6) is -0.241. The van der Waals surface area contributed by atoms with Crippen LogP contribution in [0.1, 0.15) is 17.0 Å². The van der Waals surface area contributed by atoms with Gasteiger partial charge in [0.15, 0.2) is 0 Å². The minimum Gasteiger partial charge on any atom is -0.326 e. The van der Waals surface area contributed by atoms with Gasteiger partial charge in [0.1, 0.15) is 5.82 Å². The van der Waals surface area contributed by atoms with Crippen molar-refractivity contribution in [2.24, 2.45) is 5.73 Å². The molecule has 1 aliphatic heterocycles. The summed E-state index contributed by atoms with van der Waals surface area (Å²) < 4.78 is 13.5. The number of aryl methyl sites for hydroxylation is 1. The quantitative estimate of drug-likeness (QED) is 0.907. The third-order valence-corrected chi connectivity index (χ3v) is 4.49. The molecule has 1 amide bonds. The predicted molar refractivity (Wildman–Crippen MR) is 93.4 cm³/mol. The number of carbonyl (C=O) groups is 1. The van der Waals surface area contributed by atoms with Crippen molar-refractivity contribution in [3.05, 3.63) is 65.5 Å². The van der Waals surface area contributed by atoms with Gasteiger partial charge < -0.3 is 11.1 Å². The first-order valence-electron chi connectivity index (χ1n) is 8.12. The Hall–Kier alpha value is -2.24. The van der Waals surface area contributed by atoms with Gasteiger partial charge in [0.2, 0.25) is 5.91 Å². The highest BCUT2D eigenvalue weighted by Gasteiger charge is 2.31. The summed E-state index contributed by atoms with van der Waals surface area (Å²) in [7, 11) is 0. The molecule has 1 saturated heterocycles. The van der Waals surface area contributed by atoms with E-state index in [2.05, 4.69) is 17.4 Å². The first kappa shape index (κ1) is 16.6. The van der Waals surface area contributed by atoms with Crippen LogP contribution in [-0.4, -0.2) is 36.5 Å². The van der Waals surface area contributed by atoms with Gasteiger partial charge in [-0.2, -0.15) is 0 Å². The van der Waals surface area contributed by atoms with Gasteiger partial charge in [-0.05, 0) is 30.2 Å². The number of rotatable bonds is 4. The molecule has 0 unspecified atom stereocenters. The zero-order valence-corrected chi connectivity index (χ0v) is 13.7. The molecule has 3 N–H and O–H groups in total. The predicted octanol–water partition coefficient (Wildman–Crippen LogP) is 2.50. The third-order valence-electron chi connectivity index (χ3n) is 4.49. The monoisotopic (exact) mass is 327 g/mol. The molecule has 2 aromatic rings. The Balaban J connectivity index is 1.58. The molecule has 3 rings (SSSR count). The van der Waals surface area contributed by atoms with Crippen molar-refractivity contribution in [3.63, 3.8) is 0 Å². The Labute approximate surface area is 141 Å². The summed E-state index contributed by atoms with van der Waals surface area (Å²) in [6.45, 7) is 3.37. The topological polar surface area (TPSA) is 58.4 Å². The Bertz CT molecular complexity index is 720. The first-order valence-corrected chi connectivity index (χ1v) is 8.12. The van der Waals surface area contributed by atoms with E-state index in [9.17, 15) is 9.18 Å². The van der Waals surface area contributed by atoms with E-state index in [1.54, 1.807) is 19.1 Å². The van der Waals surface area contributed by atoms with E-state index in [0.29, 0.717) is 17.8 Å². The Morgan fingerprint density at radius 2 is 2.00 bits per heavy atom. The van der Waals surface area contributed by atoms with Crippen molar-refractivity contribution in [3.8, 4) is 0 Å². The molecule has 0 aliphatic carbocycles. The molecule has 1 heterocycles. The number of hydrogen-bond acceptors (Lipinski definition) is 3. The number of halogens is 1. The van der Waals surface area contributed by atoms with Crippen molar-refractivity contribution < 1.29 is 9.18 Å². The average Bonchev–Trinajstić information content (AvgIpc) is 2.92. The van der Waals surface area contributed by atoms with Crippen LogP contribution >= 0.6 is 0 Å². The van der Waals surface area contributed by atoms with Crippen molar-refractivity contribution in [1.82, 2.24) is 4.90 Å². The molecule has 2 atom stereocenters. The number of likely N-dealkylation sites (tertiary alicyclic amines) is 1. The van der Waals surface area contributed by atoms with Crippen LogP contribution in [0, 0.1) is 12.7 Å². The molecule has 0 saturated carbocycles. The lowest BCUT2D eigenvalue weighted by Gasteiger charge is -2.16. The van der Waals surface area contributed by atoms with Gasteiger partial charge in [0, 0.05) is 30.7 Å². The molecule has 0 spiro atoms. The van der Waals surface area contributed by atoms with Crippen molar-refractivity contribution in [2.45, 2.75) is 18.9 Å². The molecule has 1 fully saturated rings. The Morgan fingerprint density at radius 3 is 2.71 bits per heavy atom. The molecule has 0 radical (unpaired) electrons. The SMILES string of the molecule is Cc1ccc(NC(=O)CN2C[C@@H](N)[C@H](c3ccccc3)C2)cc1F. The fourth-order valence-electron chi connectivity index (χ4n) is 3.17. The number of anilines is 1. The van der Waals surface area contributed by atoms with E-state index in [1.807, 2.05) is 23.1 Å². The van der Waals surface area contributed by atoms with E-state index >= 15 is 0 Å². The van der Waals surface area contributed by atoms with Gasteiger partial charge in [-0.15, -0.1) is 0 Å². The Kier molecular flexibility index (Phi) is 4.92. The summed E-state index contributed by atoms with van der Waals surface area (Å²) in [6, 6.07) is 14.9. The van der Waals surface area contributed by atoms with E-state index in [1.165, 1.54) is 11.6 Å². The van der Waals surface area contributed by atoms with E-state index in [0.717, 1.165) is 6.54 Å². The van der Waals surface area contributed by atoms with Gasteiger partial charge >= 0.3 is 0 Å². The second kappa shape index (κ2) is 7.11. The number of nitrogens with one attached hydrogen (secondary N) is 1. The lowest BCUT2D eigenvalue weighted by molar-refractivity contribution is -0.117. The molecule has 1 aliphatic rings. The molecule has 2 aromatic carbocycles. The van der Waals surface area contributed by atoms with Gasteiger partial charge in [-0.3, -0.25) is 9.69 Å². The minimum absolute atomic E-state index is 0.0111. The van der Waals surface area contributed by atoms with Crippen LogP contribution in [0.2, 0.25) is 0 Å². The number of carbonyl (C=O) groups excluding carboxylic acids is 1. The maximum atomic E-state index is 13.5. The standard InChI is InChI=1S/C19H22FN3O/c1-13-7-8-15(9-17(13)20)22-19(24)12-23-10-16(18(21)11-23)14-5-3-2-4-6-14/h2-9,16,18H,10-12,21H2,1H3,(H,22,24)/t16-,18+/m0/s1. The van der Waals surface area contributed by atoms with Crippen molar-refractivity contribution >= 4 is 11.6 Å². The zero-order valence-electron chi connectivity index (χ0n) is 13.7. The summed E-state index contributed by atoms with van der Waals surface area (Å²) >= 11 is 0. The van der Waals surface area contributed by atoms with Gasteiger partial charge in [0.25, 0.3) is 0 Å². The highest BCUT2D eigenvalue weighted by Crippen LogP contribution is 2.26. The van der Waals surface area contributed by atoms with Gasteiger partial charge in [-0.25, -0.2) is 4.39 Å². The van der Waals surface area contributed by atoms with Crippen LogP contribution < -0.4 is 11.1 Å². The maximum absolute atomic E-state index is 13.5. The highest BCUT2D eigenvalue weighted by atomic mass is 19.1. The normalized spacial score (nSPS) is 21.0. The molecular formula is C19H22FN3O. The molecule has 0 aromatic heterocycles. The van der Waals surface area contributed by atoms with Crippen LogP contribution in [0.5, 0.6) is 0 Å².